The van der Waals surface area contributed by atoms with E-state index in [1.165, 1.54) is 0 Å². The molecule has 0 saturated carbocycles. The van der Waals surface area contributed by atoms with Crippen LogP contribution in [-0.4, -0.2) is 51.2 Å². The molecule has 2 aromatic heterocycles. The van der Waals surface area contributed by atoms with Crippen molar-refractivity contribution in [3.05, 3.63) is 48.2 Å². The summed E-state index contributed by atoms with van der Waals surface area (Å²) >= 11 is 0. The largest absolute Gasteiger partial charge is 0.466 e. The maximum Gasteiger partial charge on any atom is 0.310 e. The zero-order valence-corrected chi connectivity index (χ0v) is 17.8. The lowest BCUT2D eigenvalue weighted by molar-refractivity contribution is -0.151. The Labute approximate surface area is 180 Å². The second-order valence-electron chi connectivity index (χ2n) is 7.74. The lowest BCUT2D eigenvalue weighted by Crippen LogP contribution is -2.44. The second-order valence-corrected chi connectivity index (χ2v) is 7.74. The van der Waals surface area contributed by atoms with Crippen LogP contribution in [-0.2, 0) is 20.9 Å². The first-order valence-corrected chi connectivity index (χ1v) is 10.6. The molecule has 3 aromatic rings. The van der Waals surface area contributed by atoms with Crippen molar-refractivity contribution in [2.75, 3.05) is 19.7 Å². The van der Waals surface area contributed by atoms with Gasteiger partial charge in [0.15, 0.2) is 0 Å². The number of aryl methyl sites for hydroxylation is 1. The normalized spacial score (nSPS) is 16.3. The summed E-state index contributed by atoms with van der Waals surface area (Å²) in [6, 6.07) is 11.6. The van der Waals surface area contributed by atoms with Crippen molar-refractivity contribution in [2.24, 2.45) is 5.92 Å². The Balaban J connectivity index is 1.46. The van der Waals surface area contributed by atoms with Crippen LogP contribution in [0.3, 0.4) is 0 Å². The average Bonchev–Trinajstić information content (AvgIpc) is 3.44. The molecule has 8 heteroatoms. The number of piperidine rings is 1. The highest BCUT2D eigenvalue weighted by molar-refractivity contribution is 5.79. The smallest absolute Gasteiger partial charge is 0.310 e. The minimum Gasteiger partial charge on any atom is -0.466 e. The predicted octanol–water partition coefficient (Wildman–Crippen LogP) is 3.32. The topological polar surface area (TPSA) is 90.5 Å². The second kappa shape index (κ2) is 9.16. The van der Waals surface area contributed by atoms with Crippen molar-refractivity contribution >= 4 is 11.9 Å². The molecule has 1 aliphatic rings. The third-order valence-electron chi connectivity index (χ3n) is 5.48. The summed E-state index contributed by atoms with van der Waals surface area (Å²) in [4.78, 5) is 31.2. The van der Waals surface area contributed by atoms with E-state index in [1.807, 2.05) is 49.5 Å². The first-order valence-electron chi connectivity index (χ1n) is 10.6. The zero-order chi connectivity index (χ0) is 21.8. The summed E-state index contributed by atoms with van der Waals surface area (Å²) < 4.78 is 12.4. The summed E-state index contributed by atoms with van der Waals surface area (Å²) in [7, 11) is 0. The van der Waals surface area contributed by atoms with Gasteiger partial charge in [0.25, 0.3) is 5.89 Å². The lowest BCUT2D eigenvalue weighted by atomic mass is 9.98. The molecule has 0 aliphatic carbocycles. The number of rotatable bonds is 6. The molecular weight excluding hydrogens is 396 g/mol. The number of ether oxygens (including phenoxy) is 1. The van der Waals surface area contributed by atoms with E-state index in [4.69, 9.17) is 9.26 Å². The van der Waals surface area contributed by atoms with Gasteiger partial charge in [-0.05, 0) is 38.8 Å². The van der Waals surface area contributed by atoms with Crippen molar-refractivity contribution in [2.45, 2.75) is 33.2 Å². The van der Waals surface area contributed by atoms with Gasteiger partial charge < -0.3 is 18.7 Å². The van der Waals surface area contributed by atoms with Gasteiger partial charge in [-0.1, -0.05) is 35.0 Å². The van der Waals surface area contributed by atoms with Gasteiger partial charge in [0, 0.05) is 24.8 Å². The number of carbonyl (C=O) groups is 2. The van der Waals surface area contributed by atoms with Crippen molar-refractivity contribution in [1.82, 2.24) is 19.6 Å². The predicted molar refractivity (Wildman–Crippen MR) is 114 cm³/mol. The van der Waals surface area contributed by atoms with Gasteiger partial charge in [0.2, 0.25) is 11.7 Å². The van der Waals surface area contributed by atoms with E-state index >= 15 is 0 Å². The molecule has 1 aromatic carbocycles. The van der Waals surface area contributed by atoms with Gasteiger partial charge in [0.1, 0.15) is 12.2 Å². The maximum absolute atomic E-state index is 12.9. The SMILES string of the molecule is CCOC(=O)[C@H]1CCCN(C(=O)Cn2cccc2-c2nc(-c3ccc(C)cc3)no2)C1. The Bertz CT molecular complexity index is 1050. The fourth-order valence-corrected chi connectivity index (χ4v) is 3.80. The summed E-state index contributed by atoms with van der Waals surface area (Å²) in [5, 5.41) is 4.08. The quantitative estimate of drug-likeness (QED) is 0.566. The van der Waals surface area contributed by atoms with Gasteiger partial charge in [-0.25, -0.2) is 0 Å². The van der Waals surface area contributed by atoms with Crippen molar-refractivity contribution in [3.8, 4) is 23.0 Å². The fourth-order valence-electron chi connectivity index (χ4n) is 3.80. The number of likely N-dealkylation sites (tertiary alicyclic amines) is 1. The third kappa shape index (κ3) is 4.68. The van der Waals surface area contributed by atoms with E-state index in [1.54, 1.807) is 16.4 Å². The minimum atomic E-state index is -0.255. The number of hydrogen-bond acceptors (Lipinski definition) is 6. The Hall–Kier alpha value is -3.42. The number of benzene rings is 1. The molecule has 0 bridgehead atoms. The van der Waals surface area contributed by atoms with Gasteiger partial charge in [-0.15, -0.1) is 0 Å². The number of carbonyl (C=O) groups excluding carboxylic acids is 2. The number of nitrogens with zero attached hydrogens (tertiary/aromatic N) is 4. The number of amides is 1. The number of hydrogen-bond donors (Lipinski definition) is 0. The van der Waals surface area contributed by atoms with E-state index in [-0.39, 0.29) is 24.3 Å². The molecule has 0 radical (unpaired) electrons. The van der Waals surface area contributed by atoms with Gasteiger partial charge >= 0.3 is 5.97 Å². The molecule has 1 aliphatic heterocycles. The molecule has 4 rings (SSSR count). The molecule has 1 amide bonds. The molecular formula is C23H26N4O4. The molecule has 0 N–H and O–H groups in total. The summed E-state index contributed by atoms with van der Waals surface area (Å²) in [5.41, 5.74) is 2.70. The van der Waals surface area contributed by atoms with Crippen LogP contribution < -0.4 is 0 Å². The van der Waals surface area contributed by atoms with Crippen molar-refractivity contribution in [3.63, 3.8) is 0 Å². The molecule has 162 valence electrons. The summed E-state index contributed by atoms with van der Waals surface area (Å²) in [6.45, 7) is 5.34. The standard InChI is InChI=1S/C23H26N4O4/c1-3-30-23(29)18-6-4-13-27(14-18)20(28)15-26-12-5-7-19(26)22-24-21(25-31-22)17-10-8-16(2)9-11-17/h5,7-12,18H,3-4,6,13-15H2,1-2H3/t18-/m0/s1. The molecule has 1 atom stereocenters. The van der Waals surface area contributed by atoms with E-state index < -0.39 is 0 Å². The molecule has 1 fully saturated rings. The number of esters is 1. The summed E-state index contributed by atoms with van der Waals surface area (Å²) in [6.07, 6.45) is 3.36. The van der Waals surface area contributed by atoms with Crippen LogP contribution in [0.1, 0.15) is 25.3 Å². The van der Waals surface area contributed by atoms with Crippen LogP contribution in [0.25, 0.3) is 23.0 Å². The molecule has 3 heterocycles. The van der Waals surface area contributed by atoms with Crippen LogP contribution in [0.5, 0.6) is 0 Å². The fraction of sp³-hybridized carbons (Fsp3) is 0.391. The molecule has 0 spiro atoms. The minimum absolute atomic E-state index is 0.0512. The lowest BCUT2D eigenvalue weighted by Gasteiger charge is -2.31. The van der Waals surface area contributed by atoms with Crippen LogP contribution in [0.15, 0.2) is 47.1 Å². The highest BCUT2D eigenvalue weighted by Crippen LogP contribution is 2.24. The van der Waals surface area contributed by atoms with Crippen LogP contribution in [0.4, 0.5) is 0 Å². The van der Waals surface area contributed by atoms with Gasteiger partial charge in [-0.2, -0.15) is 4.98 Å². The van der Waals surface area contributed by atoms with E-state index in [2.05, 4.69) is 10.1 Å². The first kappa shape index (κ1) is 20.8. The van der Waals surface area contributed by atoms with E-state index in [0.717, 1.165) is 24.0 Å². The highest BCUT2D eigenvalue weighted by atomic mass is 16.5. The van der Waals surface area contributed by atoms with Crippen LogP contribution in [0, 0.1) is 12.8 Å². The zero-order valence-electron chi connectivity index (χ0n) is 17.8. The molecule has 0 unspecified atom stereocenters. The monoisotopic (exact) mass is 422 g/mol. The Morgan fingerprint density at radius 1 is 1.23 bits per heavy atom. The third-order valence-corrected chi connectivity index (χ3v) is 5.48. The first-order chi connectivity index (χ1) is 15.0. The maximum atomic E-state index is 12.9. The van der Waals surface area contributed by atoms with Crippen molar-refractivity contribution in [1.29, 1.82) is 0 Å². The molecule has 1 saturated heterocycles. The molecule has 31 heavy (non-hydrogen) atoms. The van der Waals surface area contributed by atoms with Gasteiger partial charge in [-0.3, -0.25) is 9.59 Å². The molecule has 8 nitrogen and oxygen atoms in total. The van der Waals surface area contributed by atoms with E-state index in [0.29, 0.717) is 37.1 Å². The Kier molecular flexibility index (Phi) is 6.16. The number of aromatic nitrogens is 3. The van der Waals surface area contributed by atoms with E-state index in [9.17, 15) is 9.59 Å². The van der Waals surface area contributed by atoms with Crippen LogP contribution in [0.2, 0.25) is 0 Å². The highest BCUT2D eigenvalue weighted by Gasteiger charge is 2.29. The van der Waals surface area contributed by atoms with Gasteiger partial charge in [0.05, 0.1) is 12.5 Å². The van der Waals surface area contributed by atoms with Crippen molar-refractivity contribution < 1.29 is 18.8 Å². The Morgan fingerprint density at radius 2 is 2.03 bits per heavy atom. The average molecular weight is 422 g/mol. The summed E-state index contributed by atoms with van der Waals surface area (Å²) in [5.74, 6) is 0.328. The Morgan fingerprint density at radius 3 is 2.81 bits per heavy atom. The van der Waals surface area contributed by atoms with Crippen LogP contribution >= 0.6 is 0 Å².